The summed E-state index contributed by atoms with van der Waals surface area (Å²) in [6.45, 7) is 0.646. The van der Waals surface area contributed by atoms with E-state index >= 15 is 0 Å². The number of rotatable bonds is 6. The number of amides is 1. The van der Waals surface area contributed by atoms with Gasteiger partial charge in [0.05, 0.1) is 0 Å². The Labute approximate surface area is 135 Å². The molecule has 1 aliphatic rings. The van der Waals surface area contributed by atoms with Gasteiger partial charge in [0.25, 0.3) is 0 Å². The number of aliphatic carboxylic acids is 1. The second-order valence-electron chi connectivity index (χ2n) is 6.22. The van der Waals surface area contributed by atoms with Crippen LogP contribution in [0.25, 0.3) is 0 Å². The Morgan fingerprint density at radius 3 is 2.30 bits per heavy atom. The summed E-state index contributed by atoms with van der Waals surface area (Å²) in [4.78, 5) is 23.7. The minimum absolute atomic E-state index is 0.125. The van der Waals surface area contributed by atoms with Crippen LogP contribution in [0.5, 0.6) is 5.75 Å². The molecule has 0 spiro atoms. The number of hydrogen-bond donors (Lipinski definition) is 4. The maximum absolute atomic E-state index is 12.3. The lowest BCUT2D eigenvalue weighted by molar-refractivity contribution is -0.142. The second kappa shape index (κ2) is 7.97. The van der Waals surface area contributed by atoms with Gasteiger partial charge in [0.1, 0.15) is 11.8 Å². The summed E-state index contributed by atoms with van der Waals surface area (Å²) in [5, 5.41) is 21.2. The van der Waals surface area contributed by atoms with Crippen molar-refractivity contribution in [3.63, 3.8) is 0 Å². The van der Waals surface area contributed by atoms with Crippen LogP contribution in [0.3, 0.4) is 0 Å². The van der Waals surface area contributed by atoms with Crippen molar-refractivity contribution in [3.8, 4) is 5.75 Å². The number of hydrogen-bond acceptors (Lipinski definition) is 4. The van der Waals surface area contributed by atoms with Crippen LogP contribution in [-0.4, -0.2) is 34.7 Å². The molecule has 1 aliphatic carbocycles. The monoisotopic (exact) mass is 320 g/mol. The highest BCUT2D eigenvalue weighted by molar-refractivity contribution is 5.85. The standard InChI is InChI=1S/C17H24N2O4/c18-10-12-1-5-13(6-2-12)16(21)19-15(17(22)23)9-11-3-7-14(20)8-4-11/h3-4,7-8,12-13,15,20H,1-2,5-6,9-10,18H2,(H,19,21)(H,22,23)/t12?,13?,15-/m0/s1. The van der Waals surface area contributed by atoms with Gasteiger partial charge in [-0.2, -0.15) is 0 Å². The Hall–Kier alpha value is -2.08. The largest absolute Gasteiger partial charge is 0.508 e. The molecule has 1 fully saturated rings. The molecule has 2 rings (SSSR count). The van der Waals surface area contributed by atoms with E-state index in [0.717, 1.165) is 31.2 Å². The predicted octanol–water partition coefficient (Wildman–Crippen LogP) is 1.27. The van der Waals surface area contributed by atoms with Crippen molar-refractivity contribution in [1.29, 1.82) is 0 Å². The van der Waals surface area contributed by atoms with Crippen molar-refractivity contribution in [2.24, 2.45) is 17.6 Å². The third-order valence-corrected chi connectivity index (χ3v) is 4.54. The molecule has 5 N–H and O–H groups in total. The van der Waals surface area contributed by atoms with Crippen LogP contribution < -0.4 is 11.1 Å². The van der Waals surface area contributed by atoms with Crippen LogP contribution in [0, 0.1) is 11.8 Å². The first-order valence-corrected chi connectivity index (χ1v) is 8.00. The average Bonchev–Trinajstić information content (AvgIpc) is 2.56. The van der Waals surface area contributed by atoms with Gasteiger partial charge in [-0.25, -0.2) is 4.79 Å². The van der Waals surface area contributed by atoms with Gasteiger partial charge in [0, 0.05) is 12.3 Å². The van der Waals surface area contributed by atoms with Crippen molar-refractivity contribution < 1.29 is 19.8 Å². The summed E-state index contributed by atoms with van der Waals surface area (Å²) >= 11 is 0. The molecular weight excluding hydrogens is 296 g/mol. The van der Waals surface area contributed by atoms with Crippen LogP contribution in [0.4, 0.5) is 0 Å². The quantitative estimate of drug-likeness (QED) is 0.630. The predicted molar refractivity (Wildman–Crippen MR) is 85.9 cm³/mol. The fourth-order valence-corrected chi connectivity index (χ4v) is 3.02. The SMILES string of the molecule is NCC1CCC(C(=O)N[C@@H](Cc2ccc(O)cc2)C(=O)O)CC1. The Balaban J connectivity index is 1.92. The number of phenols is 1. The van der Waals surface area contributed by atoms with Crippen LogP contribution >= 0.6 is 0 Å². The lowest BCUT2D eigenvalue weighted by Gasteiger charge is -2.27. The number of carbonyl (C=O) groups excluding carboxylic acids is 1. The first-order chi connectivity index (χ1) is 11.0. The molecule has 0 heterocycles. The zero-order valence-corrected chi connectivity index (χ0v) is 13.1. The molecule has 6 nitrogen and oxygen atoms in total. The molecule has 0 aromatic heterocycles. The highest BCUT2D eigenvalue weighted by atomic mass is 16.4. The first-order valence-electron chi connectivity index (χ1n) is 8.00. The molecule has 0 aliphatic heterocycles. The average molecular weight is 320 g/mol. The van der Waals surface area contributed by atoms with Crippen molar-refractivity contribution in [2.75, 3.05) is 6.54 Å². The molecular formula is C17H24N2O4. The summed E-state index contributed by atoms with van der Waals surface area (Å²) < 4.78 is 0. The summed E-state index contributed by atoms with van der Waals surface area (Å²) in [6.07, 6.45) is 3.56. The molecule has 1 atom stereocenters. The number of nitrogens with one attached hydrogen (secondary N) is 1. The number of nitrogens with two attached hydrogens (primary N) is 1. The number of benzene rings is 1. The molecule has 1 aromatic carbocycles. The van der Waals surface area contributed by atoms with Gasteiger partial charge in [-0.1, -0.05) is 12.1 Å². The van der Waals surface area contributed by atoms with E-state index in [-0.39, 0.29) is 24.0 Å². The van der Waals surface area contributed by atoms with Crippen LogP contribution in [-0.2, 0) is 16.0 Å². The molecule has 1 saturated carbocycles. The van der Waals surface area contributed by atoms with Gasteiger partial charge < -0.3 is 21.3 Å². The molecule has 1 aromatic rings. The Morgan fingerprint density at radius 1 is 1.17 bits per heavy atom. The van der Waals surface area contributed by atoms with Gasteiger partial charge in [0.15, 0.2) is 0 Å². The molecule has 0 bridgehead atoms. The Morgan fingerprint density at radius 2 is 1.78 bits per heavy atom. The van der Waals surface area contributed by atoms with E-state index < -0.39 is 12.0 Å². The minimum Gasteiger partial charge on any atom is -0.508 e. The van der Waals surface area contributed by atoms with Crippen molar-refractivity contribution in [1.82, 2.24) is 5.32 Å². The van der Waals surface area contributed by atoms with Gasteiger partial charge in [-0.15, -0.1) is 0 Å². The van der Waals surface area contributed by atoms with Gasteiger partial charge in [0.2, 0.25) is 5.91 Å². The zero-order valence-electron chi connectivity index (χ0n) is 13.1. The summed E-state index contributed by atoms with van der Waals surface area (Å²) in [5.41, 5.74) is 6.40. The van der Waals surface area contributed by atoms with Crippen molar-refractivity contribution in [3.05, 3.63) is 29.8 Å². The highest BCUT2D eigenvalue weighted by Crippen LogP contribution is 2.28. The molecule has 23 heavy (non-hydrogen) atoms. The summed E-state index contributed by atoms with van der Waals surface area (Å²) in [6, 6.07) is 5.36. The van der Waals surface area contributed by atoms with Gasteiger partial charge >= 0.3 is 5.97 Å². The fourth-order valence-electron chi connectivity index (χ4n) is 3.02. The number of carboxylic acids is 1. The third-order valence-electron chi connectivity index (χ3n) is 4.54. The molecule has 1 amide bonds. The fraction of sp³-hybridized carbons (Fsp3) is 0.529. The van der Waals surface area contributed by atoms with Crippen LogP contribution in [0.15, 0.2) is 24.3 Å². The number of phenolic OH excluding ortho intramolecular Hbond substituents is 1. The summed E-state index contributed by atoms with van der Waals surface area (Å²) in [7, 11) is 0. The topological polar surface area (TPSA) is 113 Å². The first kappa shape index (κ1) is 17.3. The molecule has 0 saturated heterocycles. The van der Waals surface area contributed by atoms with Crippen LogP contribution in [0.2, 0.25) is 0 Å². The number of aromatic hydroxyl groups is 1. The lowest BCUT2D eigenvalue weighted by Crippen LogP contribution is -2.45. The van der Waals surface area contributed by atoms with Crippen LogP contribution in [0.1, 0.15) is 31.2 Å². The Kier molecular flexibility index (Phi) is 5.98. The smallest absolute Gasteiger partial charge is 0.326 e. The van der Waals surface area contributed by atoms with E-state index in [1.807, 2.05) is 0 Å². The molecule has 126 valence electrons. The molecule has 6 heteroatoms. The van der Waals surface area contributed by atoms with E-state index in [2.05, 4.69) is 5.32 Å². The minimum atomic E-state index is -1.05. The van der Waals surface area contributed by atoms with E-state index in [0.29, 0.717) is 12.5 Å². The van der Waals surface area contributed by atoms with Crippen molar-refractivity contribution in [2.45, 2.75) is 38.1 Å². The van der Waals surface area contributed by atoms with E-state index in [4.69, 9.17) is 5.73 Å². The van der Waals surface area contributed by atoms with E-state index in [1.165, 1.54) is 12.1 Å². The maximum atomic E-state index is 12.3. The zero-order chi connectivity index (χ0) is 16.8. The normalized spacial score (nSPS) is 22.3. The highest BCUT2D eigenvalue weighted by Gasteiger charge is 2.29. The number of carboxylic acid groups (broad SMARTS) is 1. The van der Waals surface area contributed by atoms with E-state index in [1.54, 1.807) is 12.1 Å². The third kappa shape index (κ3) is 4.96. The van der Waals surface area contributed by atoms with Gasteiger partial charge in [-0.3, -0.25) is 4.79 Å². The number of carbonyl (C=O) groups is 2. The van der Waals surface area contributed by atoms with Gasteiger partial charge in [-0.05, 0) is 55.8 Å². The van der Waals surface area contributed by atoms with E-state index in [9.17, 15) is 19.8 Å². The lowest BCUT2D eigenvalue weighted by atomic mass is 9.81. The molecule has 0 unspecified atom stereocenters. The Bertz CT molecular complexity index is 536. The maximum Gasteiger partial charge on any atom is 0.326 e. The molecule has 0 radical (unpaired) electrons. The second-order valence-corrected chi connectivity index (χ2v) is 6.22. The summed E-state index contributed by atoms with van der Waals surface area (Å²) in [5.74, 6) is -0.763. The van der Waals surface area contributed by atoms with Crippen molar-refractivity contribution >= 4 is 11.9 Å².